The lowest BCUT2D eigenvalue weighted by atomic mass is 10.1. The minimum absolute atomic E-state index is 0.102. The van der Waals surface area contributed by atoms with Gasteiger partial charge in [-0.05, 0) is 23.8 Å². The van der Waals surface area contributed by atoms with Gasteiger partial charge in [-0.3, -0.25) is 0 Å². The Bertz CT molecular complexity index is 605. The summed E-state index contributed by atoms with van der Waals surface area (Å²) in [5.74, 6) is -1.05. The predicted molar refractivity (Wildman–Crippen MR) is 73.5 cm³/mol. The number of hydrogen-bond acceptors (Lipinski definition) is 4. The van der Waals surface area contributed by atoms with E-state index in [1.165, 1.54) is 17.4 Å². The van der Waals surface area contributed by atoms with Crippen LogP contribution in [0.4, 0.5) is 5.13 Å². The van der Waals surface area contributed by atoms with Crippen LogP contribution in [-0.2, 0) is 4.79 Å². The second-order valence-corrected chi connectivity index (χ2v) is 4.81. The molecule has 2 rings (SSSR count). The summed E-state index contributed by atoms with van der Waals surface area (Å²) < 4.78 is 0. The summed E-state index contributed by atoms with van der Waals surface area (Å²) in [5.41, 5.74) is 6.70. The van der Waals surface area contributed by atoms with Crippen LogP contribution in [0.1, 0.15) is 11.3 Å². The average molecular weight is 281 g/mol. The summed E-state index contributed by atoms with van der Waals surface area (Å²) in [6.45, 7) is 0. The topological polar surface area (TPSA) is 76.2 Å². The number of thiazole rings is 1. The van der Waals surface area contributed by atoms with Crippen LogP contribution < -0.4 is 5.73 Å². The van der Waals surface area contributed by atoms with Crippen molar-refractivity contribution in [1.29, 1.82) is 0 Å². The molecule has 1 aromatic heterocycles. The Kier molecular flexibility index (Phi) is 3.64. The lowest BCUT2D eigenvalue weighted by molar-refractivity contribution is -0.130. The van der Waals surface area contributed by atoms with Gasteiger partial charge in [-0.25, -0.2) is 9.78 Å². The lowest BCUT2D eigenvalue weighted by Crippen LogP contribution is -2.00. The van der Waals surface area contributed by atoms with Crippen molar-refractivity contribution in [2.24, 2.45) is 0 Å². The van der Waals surface area contributed by atoms with Gasteiger partial charge < -0.3 is 10.8 Å². The number of nitrogen functional groups attached to an aromatic ring is 1. The van der Waals surface area contributed by atoms with E-state index in [-0.39, 0.29) is 5.57 Å². The van der Waals surface area contributed by atoms with Gasteiger partial charge in [0.1, 0.15) is 0 Å². The summed E-state index contributed by atoms with van der Waals surface area (Å²) in [7, 11) is 0. The smallest absolute Gasteiger partial charge is 0.337 e. The summed E-state index contributed by atoms with van der Waals surface area (Å²) in [4.78, 5) is 15.2. The van der Waals surface area contributed by atoms with Crippen molar-refractivity contribution in [3.8, 4) is 0 Å². The molecule has 0 amide bonds. The molecule has 92 valence electrons. The van der Waals surface area contributed by atoms with Gasteiger partial charge in [-0.2, -0.15) is 0 Å². The van der Waals surface area contributed by atoms with Gasteiger partial charge in [0, 0.05) is 10.4 Å². The summed E-state index contributed by atoms with van der Waals surface area (Å²) in [5, 5.41) is 11.7. The van der Waals surface area contributed by atoms with E-state index < -0.39 is 5.97 Å². The zero-order valence-corrected chi connectivity index (χ0v) is 10.7. The van der Waals surface area contributed by atoms with Crippen LogP contribution in [0.5, 0.6) is 0 Å². The number of aromatic nitrogens is 1. The highest BCUT2D eigenvalue weighted by Gasteiger charge is 2.13. The van der Waals surface area contributed by atoms with Crippen LogP contribution in [0, 0.1) is 0 Å². The fraction of sp³-hybridized carbons (Fsp3) is 0. The molecule has 0 radical (unpaired) electrons. The van der Waals surface area contributed by atoms with E-state index in [4.69, 9.17) is 17.3 Å². The monoisotopic (exact) mass is 280 g/mol. The first-order chi connectivity index (χ1) is 8.56. The number of aliphatic carboxylic acids is 1. The van der Waals surface area contributed by atoms with E-state index in [1.807, 2.05) is 0 Å². The Morgan fingerprint density at radius 1 is 1.39 bits per heavy atom. The highest BCUT2D eigenvalue weighted by Crippen LogP contribution is 2.22. The van der Waals surface area contributed by atoms with Gasteiger partial charge in [-0.15, -0.1) is 11.3 Å². The van der Waals surface area contributed by atoms with Gasteiger partial charge in [0.25, 0.3) is 0 Å². The molecule has 0 aliphatic rings. The Morgan fingerprint density at radius 2 is 2.06 bits per heavy atom. The fourth-order valence-corrected chi connectivity index (χ4v) is 2.07. The van der Waals surface area contributed by atoms with Crippen molar-refractivity contribution < 1.29 is 9.90 Å². The molecule has 2 aromatic rings. The number of halogens is 1. The number of carboxylic acid groups (broad SMARTS) is 1. The van der Waals surface area contributed by atoms with Crippen LogP contribution in [-0.4, -0.2) is 16.1 Å². The van der Waals surface area contributed by atoms with Crippen molar-refractivity contribution in [3.63, 3.8) is 0 Å². The largest absolute Gasteiger partial charge is 0.478 e. The molecular weight excluding hydrogens is 272 g/mol. The maximum atomic E-state index is 11.2. The molecule has 18 heavy (non-hydrogen) atoms. The minimum atomic E-state index is -1.05. The molecule has 0 fully saturated rings. The molecule has 0 saturated heterocycles. The van der Waals surface area contributed by atoms with E-state index in [9.17, 15) is 9.90 Å². The second kappa shape index (κ2) is 5.20. The number of anilines is 1. The van der Waals surface area contributed by atoms with Gasteiger partial charge in [0.2, 0.25) is 0 Å². The first kappa shape index (κ1) is 12.6. The molecule has 0 aliphatic carbocycles. The molecule has 1 aromatic carbocycles. The van der Waals surface area contributed by atoms with E-state index in [0.29, 0.717) is 15.8 Å². The first-order valence-corrected chi connectivity index (χ1v) is 6.24. The van der Waals surface area contributed by atoms with E-state index in [0.717, 1.165) is 5.56 Å². The quantitative estimate of drug-likeness (QED) is 0.848. The third-order valence-corrected chi connectivity index (χ3v) is 3.14. The van der Waals surface area contributed by atoms with E-state index >= 15 is 0 Å². The standard InChI is InChI=1S/C12H9ClN2O2S/c13-8-3-1-7(2-4-8)5-9(11(16)17)10-6-18-12(14)15-10/h1-6H,(H2,14,15)(H,16,17). The van der Waals surface area contributed by atoms with Gasteiger partial charge >= 0.3 is 5.97 Å². The van der Waals surface area contributed by atoms with Crippen molar-refractivity contribution in [1.82, 2.24) is 4.98 Å². The summed E-state index contributed by atoms with van der Waals surface area (Å²) in [6.07, 6.45) is 1.53. The highest BCUT2D eigenvalue weighted by atomic mass is 35.5. The van der Waals surface area contributed by atoms with Crippen molar-refractivity contribution in [2.45, 2.75) is 0 Å². The van der Waals surface area contributed by atoms with Crippen LogP contribution in [0.3, 0.4) is 0 Å². The normalized spacial score (nSPS) is 11.5. The Hall–Kier alpha value is -1.85. The maximum Gasteiger partial charge on any atom is 0.337 e. The first-order valence-electron chi connectivity index (χ1n) is 4.98. The molecule has 1 heterocycles. The van der Waals surface area contributed by atoms with E-state index in [1.54, 1.807) is 29.6 Å². The van der Waals surface area contributed by atoms with Crippen LogP contribution >= 0.6 is 22.9 Å². The minimum Gasteiger partial charge on any atom is -0.478 e. The number of hydrogen-bond donors (Lipinski definition) is 2. The summed E-state index contributed by atoms with van der Waals surface area (Å²) in [6, 6.07) is 6.87. The molecule has 0 unspecified atom stereocenters. The molecule has 4 nitrogen and oxygen atoms in total. The average Bonchev–Trinajstić information content (AvgIpc) is 2.74. The van der Waals surface area contributed by atoms with Crippen molar-refractivity contribution in [3.05, 3.63) is 45.9 Å². The number of carbonyl (C=O) groups is 1. The molecule has 0 spiro atoms. The zero-order valence-electron chi connectivity index (χ0n) is 9.13. The highest BCUT2D eigenvalue weighted by molar-refractivity contribution is 7.13. The molecule has 6 heteroatoms. The number of carboxylic acids is 1. The van der Waals surface area contributed by atoms with Crippen LogP contribution in [0.2, 0.25) is 5.02 Å². The molecule has 0 bridgehead atoms. The number of benzene rings is 1. The molecule has 0 saturated carbocycles. The second-order valence-electron chi connectivity index (χ2n) is 3.49. The van der Waals surface area contributed by atoms with Crippen LogP contribution in [0.25, 0.3) is 11.6 Å². The number of nitrogens with zero attached hydrogens (tertiary/aromatic N) is 1. The van der Waals surface area contributed by atoms with Gasteiger partial charge in [-0.1, -0.05) is 23.7 Å². The Morgan fingerprint density at radius 3 is 2.56 bits per heavy atom. The van der Waals surface area contributed by atoms with Gasteiger partial charge in [0.05, 0.1) is 11.3 Å². The third kappa shape index (κ3) is 2.88. The third-order valence-electron chi connectivity index (χ3n) is 2.21. The molecule has 0 aliphatic heterocycles. The number of rotatable bonds is 3. The molecule has 0 atom stereocenters. The fourth-order valence-electron chi connectivity index (χ4n) is 1.38. The maximum absolute atomic E-state index is 11.2. The number of nitrogens with two attached hydrogens (primary N) is 1. The zero-order chi connectivity index (χ0) is 13.1. The predicted octanol–water partition coefficient (Wildman–Crippen LogP) is 3.00. The lowest BCUT2D eigenvalue weighted by Gasteiger charge is -1.99. The van der Waals surface area contributed by atoms with Crippen LogP contribution in [0.15, 0.2) is 29.6 Å². The van der Waals surface area contributed by atoms with Crippen molar-refractivity contribution in [2.75, 3.05) is 5.73 Å². The molecule has 3 N–H and O–H groups in total. The SMILES string of the molecule is Nc1nc(C(=Cc2ccc(Cl)cc2)C(=O)O)cs1. The van der Waals surface area contributed by atoms with E-state index in [2.05, 4.69) is 4.98 Å². The molecular formula is C12H9ClN2O2S. The van der Waals surface area contributed by atoms with Crippen molar-refractivity contribution >= 4 is 45.7 Å². The summed E-state index contributed by atoms with van der Waals surface area (Å²) >= 11 is 6.97. The Balaban J connectivity index is 2.42. The Labute approximate surface area is 112 Å². The van der Waals surface area contributed by atoms with Gasteiger partial charge in [0.15, 0.2) is 5.13 Å².